The van der Waals surface area contributed by atoms with Crippen LogP contribution in [0.15, 0.2) is 36.4 Å². The van der Waals surface area contributed by atoms with E-state index < -0.39 is 15.9 Å². The summed E-state index contributed by atoms with van der Waals surface area (Å²) < 4.78 is 38.1. The molecule has 0 bridgehead atoms. The van der Waals surface area contributed by atoms with Gasteiger partial charge in [0.2, 0.25) is 15.9 Å². The van der Waals surface area contributed by atoms with Crippen LogP contribution in [-0.4, -0.2) is 45.9 Å². The predicted octanol–water partition coefficient (Wildman–Crippen LogP) is 4.43. The molecule has 180 valence electrons. The zero-order chi connectivity index (χ0) is 24.2. The van der Waals surface area contributed by atoms with Gasteiger partial charge in [-0.05, 0) is 55.7 Å². The summed E-state index contributed by atoms with van der Waals surface area (Å²) in [6, 6.07) is 9.79. The number of nitrogens with zero attached hydrogens (tertiary/aromatic N) is 1. The summed E-state index contributed by atoms with van der Waals surface area (Å²) in [6.45, 7) is 2.35. The summed E-state index contributed by atoms with van der Waals surface area (Å²) in [6.07, 6.45) is 1.21. The smallest absolute Gasteiger partial charge is 0.224 e. The molecule has 0 aliphatic carbocycles. The molecule has 0 aromatic heterocycles. The van der Waals surface area contributed by atoms with Gasteiger partial charge < -0.3 is 14.8 Å². The van der Waals surface area contributed by atoms with Gasteiger partial charge >= 0.3 is 0 Å². The highest BCUT2D eigenvalue weighted by atomic mass is 35.5. The van der Waals surface area contributed by atoms with Crippen molar-refractivity contribution in [3.05, 3.63) is 57.6 Å². The maximum Gasteiger partial charge on any atom is 0.224 e. The minimum Gasteiger partial charge on any atom is -0.497 e. The number of rotatable bonds is 8. The average molecular weight is 515 g/mol. The number of amides is 1. The van der Waals surface area contributed by atoms with E-state index in [0.29, 0.717) is 46.5 Å². The molecule has 33 heavy (non-hydrogen) atoms. The molecule has 1 saturated heterocycles. The van der Waals surface area contributed by atoms with E-state index in [1.165, 1.54) is 10.4 Å². The Kier molecular flexibility index (Phi) is 8.50. The highest BCUT2D eigenvalue weighted by Gasteiger charge is 2.33. The zero-order valence-electron chi connectivity index (χ0n) is 18.8. The lowest BCUT2D eigenvalue weighted by Crippen LogP contribution is -2.46. The summed E-state index contributed by atoms with van der Waals surface area (Å²) in [5.41, 5.74) is 1.26. The number of carbonyl (C=O) groups is 1. The average Bonchev–Trinajstić information content (AvgIpc) is 2.80. The third-order valence-electron chi connectivity index (χ3n) is 5.76. The fourth-order valence-corrected chi connectivity index (χ4v) is 6.12. The van der Waals surface area contributed by atoms with Crippen molar-refractivity contribution in [2.45, 2.75) is 31.6 Å². The predicted molar refractivity (Wildman–Crippen MR) is 129 cm³/mol. The Balaban J connectivity index is 1.69. The number of halogens is 2. The van der Waals surface area contributed by atoms with Crippen molar-refractivity contribution in [1.82, 2.24) is 9.62 Å². The SMILES string of the molecule is COc1ccc(OC)c([C@H](C)NC(=O)[C@@H]2CCCN(S(=O)(=O)Cc3ccc(Cl)cc3Cl)C2)c1. The first-order chi connectivity index (χ1) is 15.6. The Labute approximate surface area is 205 Å². The van der Waals surface area contributed by atoms with Crippen molar-refractivity contribution in [1.29, 1.82) is 0 Å². The van der Waals surface area contributed by atoms with Crippen molar-refractivity contribution in [3.8, 4) is 11.5 Å². The van der Waals surface area contributed by atoms with Crippen LogP contribution in [0.2, 0.25) is 10.0 Å². The van der Waals surface area contributed by atoms with E-state index in [1.54, 1.807) is 38.5 Å². The molecule has 1 fully saturated rings. The number of hydrogen-bond acceptors (Lipinski definition) is 5. The third kappa shape index (κ3) is 6.32. The number of carbonyl (C=O) groups excluding carboxylic acids is 1. The van der Waals surface area contributed by atoms with Crippen LogP contribution in [0.1, 0.15) is 36.9 Å². The Morgan fingerprint density at radius 2 is 1.94 bits per heavy atom. The zero-order valence-corrected chi connectivity index (χ0v) is 21.1. The monoisotopic (exact) mass is 514 g/mol. The van der Waals surface area contributed by atoms with E-state index >= 15 is 0 Å². The Hall–Kier alpha value is -2.00. The van der Waals surface area contributed by atoms with Gasteiger partial charge in [0.25, 0.3) is 0 Å². The first-order valence-electron chi connectivity index (χ1n) is 10.6. The standard InChI is InChI=1S/C23H28Cl2N2O5S/c1-15(20-12-19(31-2)8-9-22(20)32-3)26-23(28)16-5-4-10-27(13-16)33(29,30)14-17-6-7-18(24)11-21(17)25/h6-9,11-12,15-16H,4-5,10,13-14H2,1-3H3,(H,26,28)/t15-,16+/m0/s1. The molecule has 1 heterocycles. The molecule has 2 atom stereocenters. The fraction of sp³-hybridized carbons (Fsp3) is 0.435. The summed E-state index contributed by atoms with van der Waals surface area (Å²) in [5, 5.41) is 3.74. The van der Waals surface area contributed by atoms with E-state index in [4.69, 9.17) is 32.7 Å². The van der Waals surface area contributed by atoms with E-state index in [0.717, 1.165) is 5.56 Å². The summed E-state index contributed by atoms with van der Waals surface area (Å²) in [4.78, 5) is 13.0. The van der Waals surface area contributed by atoms with E-state index in [2.05, 4.69) is 5.32 Å². The Morgan fingerprint density at radius 3 is 2.61 bits per heavy atom. The molecule has 7 nitrogen and oxygen atoms in total. The molecule has 2 aromatic rings. The number of hydrogen-bond donors (Lipinski definition) is 1. The molecule has 0 unspecified atom stereocenters. The largest absolute Gasteiger partial charge is 0.497 e. The first kappa shape index (κ1) is 25.6. The van der Waals surface area contributed by atoms with Crippen molar-refractivity contribution >= 4 is 39.1 Å². The van der Waals surface area contributed by atoms with Crippen molar-refractivity contribution in [3.63, 3.8) is 0 Å². The first-order valence-corrected chi connectivity index (χ1v) is 12.9. The van der Waals surface area contributed by atoms with Crippen LogP contribution in [0.3, 0.4) is 0 Å². The van der Waals surface area contributed by atoms with E-state index in [1.807, 2.05) is 13.0 Å². The molecule has 3 rings (SSSR count). The molecule has 1 N–H and O–H groups in total. The molecule has 1 aliphatic heterocycles. The van der Waals surface area contributed by atoms with Crippen molar-refractivity contribution < 1.29 is 22.7 Å². The van der Waals surface area contributed by atoms with Crippen LogP contribution in [0.4, 0.5) is 0 Å². The molecule has 10 heteroatoms. The second kappa shape index (κ2) is 11.0. The molecule has 1 aliphatic rings. The van der Waals surface area contributed by atoms with Crippen LogP contribution < -0.4 is 14.8 Å². The van der Waals surface area contributed by atoms with Crippen LogP contribution in [0, 0.1) is 5.92 Å². The van der Waals surface area contributed by atoms with E-state index in [9.17, 15) is 13.2 Å². The molecular weight excluding hydrogens is 487 g/mol. The van der Waals surface area contributed by atoms with Crippen molar-refractivity contribution in [2.24, 2.45) is 5.92 Å². The third-order valence-corrected chi connectivity index (χ3v) is 8.14. The van der Waals surface area contributed by atoms with Gasteiger partial charge in [0.05, 0.1) is 31.9 Å². The number of methoxy groups -OCH3 is 2. The number of ether oxygens (including phenoxy) is 2. The normalized spacial score (nSPS) is 17.9. The fourth-order valence-electron chi connectivity index (χ4n) is 3.92. The highest BCUT2D eigenvalue weighted by molar-refractivity contribution is 7.88. The summed E-state index contributed by atoms with van der Waals surface area (Å²) in [7, 11) is -0.511. The maximum absolute atomic E-state index is 13.0. The lowest BCUT2D eigenvalue weighted by atomic mass is 9.97. The Bertz CT molecular complexity index is 1110. The van der Waals surface area contributed by atoms with Crippen LogP contribution >= 0.6 is 23.2 Å². The second-order valence-corrected chi connectivity index (χ2v) is 10.8. The molecular formula is C23H28Cl2N2O5S. The number of sulfonamides is 1. The van der Waals surface area contributed by atoms with Crippen LogP contribution in [-0.2, 0) is 20.6 Å². The minimum absolute atomic E-state index is 0.126. The van der Waals surface area contributed by atoms with Gasteiger partial charge in [0.1, 0.15) is 11.5 Å². The highest BCUT2D eigenvalue weighted by Crippen LogP contribution is 2.30. The molecule has 1 amide bonds. The number of piperidine rings is 1. The lowest BCUT2D eigenvalue weighted by Gasteiger charge is -2.32. The van der Waals surface area contributed by atoms with Crippen molar-refractivity contribution in [2.75, 3.05) is 27.3 Å². The quantitative estimate of drug-likeness (QED) is 0.563. The molecule has 0 saturated carbocycles. The molecule has 2 aromatic carbocycles. The van der Waals surface area contributed by atoms with Crippen LogP contribution in [0.25, 0.3) is 0 Å². The second-order valence-electron chi connectivity index (χ2n) is 8.03. The lowest BCUT2D eigenvalue weighted by molar-refractivity contribution is -0.126. The van der Waals surface area contributed by atoms with Gasteiger partial charge in [-0.1, -0.05) is 29.3 Å². The van der Waals surface area contributed by atoms with Crippen LogP contribution in [0.5, 0.6) is 11.5 Å². The van der Waals surface area contributed by atoms with Gasteiger partial charge in [-0.25, -0.2) is 12.7 Å². The summed E-state index contributed by atoms with van der Waals surface area (Å²) in [5.74, 6) is 0.401. The van der Waals surface area contributed by atoms with Gasteiger partial charge in [-0.3, -0.25) is 4.79 Å². The maximum atomic E-state index is 13.0. The van der Waals surface area contributed by atoms with E-state index in [-0.39, 0.29) is 24.2 Å². The topological polar surface area (TPSA) is 84.9 Å². The van der Waals surface area contributed by atoms with Gasteiger partial charge in [0, 0.05) is 28.7 Å². The van der Waals surface area contributed by atoms with Gasteiger partial charge in [0.15, 0.2) is 0 Å². The summed E-state index contributed by atoms with van der Waals surface area (Å²) >= 11 is 12.1. The minimum atomic E-state index is -3.65. The molecule has 0 spiro atoms. The Morgan fingerprint density at radius 1 is 1.18 bits per heavy atom. The van der Waals surface area contributed by atoms with Gasteiger partial charge in [-0.15, -0.1) is 0 Å². The number of nitrogens with one attached hydrogen (secondary N) is 1. The number of benzene rings is 2. The van der Waals surface area contributed by atoms with Gasteiger partial charge in [-0.2, -0.15) is 0 Å². The molecule has 0 radical (unpaired) electrons.